The van der Waals surface area contributed by atoms with Gasteiger partial charge < -0.3 is 15.0 Å². The lowest BCUT2D eigenvalue weighted by molar-refractivity contribution is -0.384. The lowest BCUT2D eigenvalue weighted by Crippen LogP contribution is -2.44. The van der Waals surface area contributed by atoms with Gasteiger partial charge in [0.25, 0.3) is 5.69 Å². The number of rotatable bonds is 6. The number of halogens is 1. The van der Waals surface area contributed by atoms with Gasteiger partial charge in [-0.25, -0.2) is 4.79 Å². The number of anilines is 1. The molecule has 1 aromatic carbocycles. The highest BCUT2D eigenvalue weighted by molar-refractivity contribution is 6.33. The second kappa shape index (κ2) is 10.4. The molecule has 1 saturated heterocycles. The maximum atomic E-state index is 12.7. The van der Waals surface area contributed by atoms with Gasteiger partial charge in [0.2, 0.25) is 5.91 Å². The Morgan fingerprint density at radius 2 is 1.97 bits per heavy atom. The Balaban J connectivity index is 1.95. The van der Waals surface area contributed by atoms with Crippen molar-refractivity contribution in [1.82, 2.24) is 9.80 Å². The van der Waals surface area contributed by atoms with Crippen LogP contribution >= 0.6 is 11.6 Å². The van der Waals surface area contributed by atoms with Gasteiger partial charge in [0, 0.05) is 38.3 Å². The van der Waals surface area contributed by atoms with E-state index in [2.05, 4.69) is 5.32 Å². The fraction of sp³-hybridized carbons (Fsp3) is 0.579. The van der Waals surface area contributed by atoms with Crippen molar-refractivity contribution in [2.75, 3.05) is 38.1 Å². The van der Waals surface area contributed by atoms with E-state index in [0.29, 0.717) is 39.2 Å². The van der Waals surface area contributed by atoms with Crippen molar-refractivity contribution in [2.24, 2.45) is 5.92 Å². The smallest absolute Gasteiger partial charge is 0.409 e. The van der Waals surface area contributed by atoms with Gasteiger partial charge in [-0.1, -0.05) is 25.4 Å². The summed E-state index contributed by atoms with van der Waals surface area (Å²) in [5.41, 5.74) is 0.0501. The van der Waals surface area contributed by atoms with E-state index in [9.17, 15) is 19.7 Å². The average Bonchev–Trinajstić information content (AvgIpc) is 2.93. The quantitative estimate of drug-likeness (QED) is 0.552. The van der Waals surface area contributed by atoms with E-state index in [1.807, 2.05) is 18.7 Å². The van der Waals surface area contributed by atoms with Crippen LogP contribution in [0.3, 0.4) is 0 Å². The highest BCUT2D eigenvalue weighted by Crippen LogP contribution is 2.27. The third-order valence-corrected chi connectivity index (χ3v) is 5.00. The SMILES string of the molecule is CC(C)COC(=O)N1CCCN(C(C)C(=O)Nc2cc([N+](=O)[O-])ccc2Cl)CC1. The Labute approximate surface area is 175 Å². The summed E-state index contributed by atoms with van der Waals surface area (Å²) in [6, 6.07) is 3.41. The summed E-state index contributed by atoms with van der Waals surface area (Å²) in [7, 11) is 0. The molecule has 0 aromatic heterocycles. The summed E-state index contributed by atoms with van der Waals surface area (Å²) in [6.07, 6.45) is 0.382. The maximum Gasteiger partial charge on any atom is 0.409 e. The zero-order chi connectivity index (χ0) is 21.6. The Morgan fingerprint density at radius 1 is 1.24 bits per heavy atom. The number of carbonyl (C=O) groups excluding carboxylic acids is 2. The molecule has 1 aliphatic heterocycles. The summed E-state index contributed by atoms with van der Waals surface area (Å²) in [6.45, 7) is 8.29. The van der Waals surface area contributed by atoms with Crippen molar-refractivity contribution in [3.8, 4) is 0 Å². The number of nitro benzene ring substituents is 1. The monoisotopic (exact) mass is 426 g/mol. The minimum absolute atomic E-state index is 0.150. The molecule has 0 spiro atoms. The van der Waals surface area contributed by atoms with Crippen LogP contribution in [0.2, 0.25) is 5.02 Å². The Bertz CT molecular complexity index is 758. The molecule has 2 rings (SSSR count). The number of benzene rings is 1. The van der Waals surface area contributed by atoms with E-state index in [1.165, 1.54) is 18.2 Å². The van der Waals surface area contributed by atoms with E-state index in [-0.39, 0.29) is 34.3 Å². The van der Waals surface area contributed by atoms with Gasteiger partial charge in [-0.2, -0.15) is 0 Å². The van der Waals surface area contributed by atoms with Crippen LogP contribution < -0.4 is 5.32 Å². The summed E-state index contributed by atoms with van der Waals surface area (Å²) >= 11 is 6.06. The lowest BCUT2D eigenvalue weighted by atomic mass is 10.2. The fourth-order valence-corrected chi connectivity index (χ4v) is 3.13. The van der Waals surface area contributed by atoms with Crippen LogP contribution in [0.4, 0.5) is 16.2 Å². The van der Waals surface area contributed by atoms with Crippen molar-refractivity contribution >= 4 is 35.0 Å². The molecule has 1 N–H and O–H groups in total. The molecule has 0 bridgehead atoms. The van der Waals surface area contributed by atoms with Gasteiger partial charge >= 0.3 is 6.09 Å². The van der Waals surface area contributed by atoms with Crippen LogP contribution in [0.1, 0.15) is 27.2 Å². The summed E-state index contributed by atoms with van der Waals surface area (Å²) in [4.78, 5) is 38.9. The topological polar surface area (TPSA) is 105 Å². The molecule has 1 atom stereocenters. The zero-order valence-corrected chi connectivity index (χ0v) is 17.6. The third-order valence-electron chi connectivity index (χ3n) is 4.67. The van der Waals surface area contributed by atoms with Crippen molar-refractivity contribution in [2.45, 2.75) is 33.2 Å². The minimum atomic E-state index is -0.544. The number of hydrogen-bond acceptors (Lipinski definition) is 6. The molecule has 1 aliphatic rings. The highest BCUT2D eigenvalue weighted by atomic mass is 35.5. The first-order valence-electron chi connectivity index (χ1n) is 9.59. The molecule has 160 valence electrons. The van der Waals surface area contributed by atoms with Crippen LogP contribution in [0.5, 0.6) is 0 Å². The molecule has 1 fully saturated rings. The number of amides is 2. The first-order chi connectivity index (χ1) is 13.7. The molecule has 2 amide bonds. The molecular weight excluding hydrogens is 400 g/mol. The molecule has 0 aliphatic carbocycles. The zero-order valence-electron chi connectivity index (χ0n) is 16.9. The second-order valence-corrected chi connectivity index (χ2v) is 7.84. The molecule has 0 radical (unpaired) electrons. The van der Waals surface area contributed by atoms with E-state index < -0.39 is 11.0 Å². The standard InChI is InChI=1S/C19H27ClN4O5/c1-13(2)12-29-19(26)23-8-4-7-22(9-10-23)14(3)18(25)21-17-11-15(24(27)28)5-6-16(17)20/h5-6,11,13-14H,4,7-10,12H2,1-3H3,(H,21,25). The van der Waals surface area contributed by atoms with E-state index in [0.717, 1.165) is 0 Å². The molecule has 1 unspecified atom stereocenters. The molecule has 9 nitrogen and oxygen atoms in total. The highest BCUT2D eigenvalue weighted by Gasteiger charge is 2.27. The predicted octanol–water partition coefficient (Wildman–Crippen LogP) is 3.38. The molecule has 10 heteroatoms. The largest absolute Gasteiger partial charge is 0.449 e. The Hall–Kier alpha value is -2.39. The minimum Gasteiger partial charge on any atom is -0.449 e. The Kier molecular flexibility index (Phi) is 8.21. The predicted molar refractivity (Wildman–Crippen MR) is 110 cm³/mol. The number of carbonyl (C=O) groups is 2. The van der Waals surface area contributed by atoms with Crippen molar-refractivity contribution in [1.29, 1.82) is 0 Å². The molecular formula is C19H27ClN4O5. The number of nitro groups is 1. The number of hydrogen-bond donors (Lipinski definition) is 1. The fourth-order valence-electron chi connectivity index (χ4n) is 2.96. The lowest BCUT2D eigenvalue weighted by Gasteiger charge is -2.27. The number of ether oxygens (including phenoxy) is 1. The Morgan fingerprint density at radius 3 is 2.62 bits per heavy atom. The third kappa shape index (κ3) is 6.57. The summed E-state index contributed by atoms with van der Waals surface area (Å²) < 4.78 is 5.28. The number of nitrogens with one attached hydrogen (secondary N) is 1. The van der Waals surface area contributed by atoms with Crippen molar-refractivity contribution in [3.63, 3.8) is 0 Å². The number of non-ortho nitro benzene ring substituents is 1. The van der Waals surface area contributed by atoms with E-state index >= 15 is 0 Å². The van der Waals surface area contributed by atoms with Crippen LogP contribution in [0.25, 0.3) is 0 Å². The summed E-state index contributed by atoms with van der Waals surface area (Å²) in [5, 5.41) is 13.8. The first kappa shape index (κ1) is 22.9. The van der Waals surface area contributed by atoms with Gasteiger partial charge in [-0.05, 0) is 25.3 Å². The number of nitrogens with zero attached hydrogens (tertiary/aromatic N) is 3. The van der Waals surface area contributed by atoms with Crippen LogP contribution in [0, 0.1) is 16.0 Å². The van der Waals surface area contributed by atoms with Gasteiger partial charge in [0.15, 0.2) is 0 Å². The van der Waals surface area contributed by atoms with Crippen LogP contribution in [0.15, 0.2) is 18.2 Å². The molecule has 1 aromatic rings. The van der Waals surface area contributed by atoms with Gasteiger partial charge in [0.1, 0.15) is 0 Å². The van der Waals surface area contributed by atoms with E-state index in [4.69, 9.17) is 16.3 Å². The van der Waals surface area contributed by atoms with Crippen LogP contribution in [-0.4, -0.2) is 65.6 Å². The van der Waals surface area contributed by atoms with Gasteiger partial charge in [-0.3, -0.25) is 19.8 Å². The molecule has 0 saturated carbocycles. The second-order valence-electron chi connectivity index (χ2n) is 7.43. The average molecular weight is 427 g/mol. The van der Waals surface area contributed by atoms with Crippen LogP contribution in [-0.2, 0) is 9.53 Å². The summed E-state index contributed by atoms with van der Waals surface area (Å²) in [5.74, 6) is -0.0463. The maximum absolute atomic E-state index is 12.7. The van der Waals surface area contributed by atoms with E-state index in [1.54, 1.807) is 11.8 Å². The molecule has 1 heterocycles. The van der Waals surface area contributed by atoms with Crippen molar-refractivity contribution < 1.29 is 19.2 Å². The van der Waals surface area contributed by atoms with Gasteiger partial charge in [-0.15, -0.1) is 0 Å². The molecule has 29 heavy (non-hydrogen) atoms. The first-order valence-corrected chi connectivity index (χ1v) is 9.97. The normalized spacial score (nSPS) is 16.2. The van der Waals surface area contributed by atoms with Gasteiger partial charge in [0.05, 0.1) is 28.3 Å². The van der Waals surface area contributed by atoms with Crippen molar-refractivity contribution in [3.05, 3.63) is 33.3 Å².